The van der Waals surface area contributed by atoms with Gasteiger partial charge < -0.3 is 5.32 Å². The largest absolute Gasteiger partial charge is 0.379 e. The number of rotatable bonds is 5. The van der Waals surface area contributed by atoms with Crippen molar-refractivity contribution >= 4 is 21.2 Å². The number of nitro groups is 1. The first kappa shape index (κ1) is 15.8. The van der Waals surface area contributed by atoms with Crippen LogP contribution in [0.2, 0.25) is 0 Å². The lowest BCUT2D eigenvalue weighted by Crippen LogP contribution is -2.13. The molecule has 1 aliphatic carbocycles. The van der Waals surface area contributed by atoms with Crippen LogP contribution in [0.15, 0.2) is 23.1 Å². The number of nitrogens with one attached hydrogen (secondary N) is 1. The minimum atomic E-state index is -3.45. The zero-order valence-electron chi connectivity index (χ0n) is 12.2. The van der Waals surface area contributed by atoms with E-state index in [2.05, 4.69) is 12.2 Å². The molecule has 0 amide bonds. The molecular formula is C14H20N2O4S. The van der Waals surface area contributed by atoms with Crippen LogP contribution in [0.1, 0.15) is 26.2 Å². The molecule has 1 fully saturated rings. The van der Waals surface area contributed by atoms with Crippen LogP contribution < -0.4 is 5.32 Å². The summed E-state index contributed by atoms with van der Waals surface area (Å²) in [7, 11) is -3.45. The van der Waals surface area contributed by atoms with Crippen molar-refractivity contribution < 1.29 is 13.3 Å². The van der Waals surface area contributed by atoms with E-state index < -0.39 is 14.8 Å². The maximum absolute atomic E-state index is 11.5. The molecule has 1 aromatic carbocycles. The van der Waals surface area contributed by atoms with Crippen molar-refractivity contribution in [2.75, 3.05) is 18.1 Å². The number of sulfone groups is 1. The van der Waals surface area contributed by atoms with Gasteiger partial charge in [0.15, 0.2) is 9.84 Å². The molecule has 6 nitrogen and oxygen atoms in total. The summed E-state index contributed by atoms with van der Waals surface area (Å²) in [6.07, 6.45) is 4.49. The molecule has 0 heterocycles. The van der Waals surface area contributed by atoms with Crippen LogP contribution in [-0.4, -0.2) is 26.1 Å². The van der Waals surface area contributed by atoms with Crippen molar-refractivity contribution in [2.45, 2.75) is 31.1 Å². The van der Waals surface area contributed by atoms with E-state index in [4.69, 9.17) is 0 Å². The minimum Gasteiger partial charge on any atom is -0.379 e. The van der Waals surface area contributed by atoms with E-state index in [1.54, 1.807) is 0 Å². The third-order valence-corrected chi connectivity index (χ3v) is 5.09. The summed E-state index contributed by atoms with van der Waals surface area (Å²) in [5.74, 6) is 1.23. The maximum Gasteiger partial charge on any atom is 0.293 e. The molecular weight excluding hydrogens is 292 g/mol. The van der Waals surface area contributed by atoms with Gasteiger partial charge in [-0.05, 0) is 36.8 Å². The quantitative estimate of drug-likeness (QED) is 0.667. The molecule has 0 radical (unpaired) electrons. The Morgan fingerprint density at radius 3 is 2.62 bits per heavy atom. The van der Waals surface area contributed by atoms with Gasteiger partial charge in [0.2, 0.25) is 0 Å². The van der Waals surface area contributed by atoms with Crippen molar-refractivity contribution in [1.29, 1.82) is 0 Å². The van der Waals surface area contributed by atoms with Crippen LogP contribution in [0.4, 0.5) is 11.4 Å². The highest BCUT2D eigenvalue weighted by molar-refractivity contribution is 7.90. The lowest BCUT2D eigenvalue weighted by Gasteiger charge is -2.13. The summed E-state index contributed by atoms with van der Waals surface area (Å²) in [6, 6.07) is 4.00. The van der Waals surface area contributed by atoms with Gasteiger partial charge in [-0.2, -0.15) is 0 Å². The summed E-state index contributed by atoms with van der Waals surface area (Å²) in [4.78, 5) is 10.5. The van der Waals surface area contributed by atoms with Gasteiger partial charge in [0.1, 0.15) is 5.69 Å². The van der Waals surface area contributed by atoms with Gasteiger partial charge in [0, 0.05) is 18.9 Å². The highest BCUT2D eigenvalue weighted by Crippen LogP contribution is 2.32. The van der Waals surface area contributed by atoms with E-state index >= 15 is 0 Å². The van der Waals surface area contributed by atoms with Gasteiger partial charge in [-0.1, -0.05) is 13.3 Å². The summed E-state index contributed by atoms with van der Waals surface area (Å²) in [6.45, 7) is 2.90. The van der Waals surface area contributed by atoms with E-state index in [1.807, 2.05) is 0 Å². The van der Waals surface area contributed by atoms with Crippen LogP contribution in [-0.2, 0) is 9.84 Å². The fourth-order valence-corrected chi connectivity index (χ4v) is 3.45. The zero-order valence-corrected chi connectivity index (χ0v) is 13.0. The Morgan fingerprint density at radius 1 is 1.38 bits per heavy atom. The number of nitrogens with zero attached hydrogens (tertiary/aromatic N) is 1. The molecule has 1 aromatic rings. The molecule has 2 rings (SSSR count). The smallest absolute Gasteiger partial charge is 0.293 e. The summed E-state index contributed by atoms with van der Waals surface area (Å²) >= 11 is 0. The highest BCUT2D eigenvalue weighted by Gasteiger charge is 2.23. The Labute approximate surface area is 124 Å². The lowest BCUT2D eigenvalue weighted by atomic mass is 10.1. The number of hydrogen-bond acceptors (Lipinski definition) is 5. The van der Waals surface area contributed by atoms with E-state index in [0.29, 0.717) is 24.1 Å². The van der Waals surface area contributed by atoms with Crippen molar-refractivity contribution in [2.24, 2.45) is 11.8 Å². The third kappa shape index (κ3) is 3.93. The highest BCUT2D eigenvalue weighted by atomic mass is 32.2. The van der Waals surface area contributed by atoms with E-state index in [1.165, 1.54) is 18.6 Å². The number of benzene rings is 1. The van der Waals surface area contributed by atoms with E-state index in [-0.39, 0.29) is 10.6 Å². The van der Waals surface area contributed by atoms with E-state index in [0.717, 1.165) is 25.2 Å². The maximum atomic E-state index is 11.5. The first-order chi connectivity index (χ1) is 9.77. The SMILES string of the molecule is CC1CCC(CNc2ccc(S(C)(=O)=O)cc2[N+](=O)[O-])C1. The Balaban J connectivity index is 2.17. The van der Waals surface area contributed by atoms with Crippen LogP contribution in [0.25, 0.3) is 0 Å². The topological polar surface area (TPSA) is 89.3 Å². The Morgan fingerprint density at radius 2 is 2.10 bits per heavy atom. The molecule has 116 valence electrons. The molecule has 7 heteroatoms. The monoisotopic (exact) mass is 312 g/mol. The standard InChI is InChI=1S/C14H20N2O4S/c1-10-3-4-11(7-10)9-15-13-6-5-12(21(2,19)20)8-14(13)16(17)18/h5-6,8,10-11,15H,3-4,7,9H2,1-2H3. The van der Waals surface area contributed by atoms with Crippen molar-refractivity contribution in [1.82, 2.24) is 0 Å². The van der Waals surface area contributed by atoms with Gasteiger partial charge in [-0.25, -0.2) is 8.42 Å². The number of nitro benzene ring substituents is 1. The Kier molecular flexibility index (Phi) is 4.51. The summed E-state index contributed by atoms with van der Waals surface area (Å²) in [5.41, 5.74) is 0.191. The zero-order chi connectivity index (χ0) is 15.6. The van der Waals surface area contributed by atoms with Crippen LogP contribution >= 0.6 is 0 Å². The molecule has 0 aliphatic heterocycles. The molecule has 1 saturated carbocycles. The van der Waals surface area contributed by atoms with Gasteiger partial charge in [-0.15, -0.1) is 0 Å². The second-order valence-electron chi connectivity index (χ2n) is 5.87. The normalized spacial score (nSPS) is 22.2. The van der Waals surface area contributed by atoms with Gasteiger partial charge in [-0.3, -0.25) is 10.1 Å². The van der Waals surface area contributed by atoms with Gasteiger partial charge in [0.25, 0.3) is 5.69 Å². The van der Waals surface area contributed by atoms with E-state index in [9.17, 15) is 18.5 Å². The summed E-state index contributed by atoms with van der Waals surface area (Å²) < 4.78 is 23.0. The Hall–Kier alpha value is -1.63. The first-order valence-electron chi connectivity index (χ1n) is 6.99. The van der Waals surface area contributed by atoms with Crippen molar-refractivity contribution in [3.05, 3.63) is 28.3 Å². The first-order valence-corrected chi connectivity index (χ1v) is 8.89. The Bertz CT molecular complexity index is 642. The molecule has 0 bridgehead atoms. The van der Waals surface area contributed by atoms with Crippen LogP contribution in [0.5, 0.6) is 0 Å². The van der Waals surface area contributed by atoms with Crippen molar-refractivity contribution in [3.63, 3.8) is 0 Å². The average molecular weight is 312 g/mol. The van der Waals surface area contributed by atoms with Gasteiger partial charge in [0.05, 0.1) is 9.82 Å². The molecule has 2 unspecified atom stereocenters. The fraction of sp³-hybridized carbons (Fsp3) is 0.571. The molecule has 2 atom stereocenters. The van der Waals surface area contributed by atoms with Crippen LogP contribution in [0, 0.1) is 22.0 Å². The molecule has 0 spiro atoms. The molecule has 0 aromatic heterocycles. The minimum absolute atomic E-state index is 0.0331. The molecule has 0 saturated heterocycles. The molecule has 1 N–H and O–H groups in total. The third-order valence-electron chi connectivity index (χ3n) is 3.98. The number of anilines is 1. The fourth-order valence-electron chi connectivity index (χ4n) is 2.81. The second-order valence-corrected chi connectivity index (χ2v) is 7.89. The second kappa shape index (κ2) is 6.01. The van der Waals surface area contributed by atoms with Crippen molar-refractivity contribution in [3.8, 4) is 0 Å². The molecule has 21 heavy (non-hydrogen) atoms. The van der Waals surface area contributed by atoms with Gasteiger partial charge >= 0.3 is 0 Å². The van der Waals surface area contributed by atoms with Crippen LogP contribution in [0.3, 0.4) is 0 Å². The average Bonchev–Trinajstić information content (AvgIpc) is 2.80. The predicted octanol–water partition coefficient (Wildman–Crippen LogP) is 2.85. The molecule has 1 aliphatic rings. The number of hydrogen-bond donors (Lipinski definition) is 1. The lowest BCUT2D eigenvalue weighted by molar-refractivity contribution is -0.384. The summed E-state index contributed by atoms with van der Waals surface area (Å²) in [5, 5.41) is 14.2. The predicted molar refractivity (Wildman–Crippen MR) is 81.2 cm³/mol.